The van der Waals surface area contributed by atoms with Crippen molar-refractivity contribution in [1.29, 1.82) is 0 Å². The molecule has 2 rings (SSSR count). The van der Waals surface area contributed by atoms with Crippen LogP contribution < -0.4 is 11.1 Å². The van der Waals surface area contributed by atoms with Gasteiger partial charge in [-0.2, -0.15) is 0 Å². The van der Waals surface area contributed by atoms with Gasteiger partial charge in [0.1, 0.15) is 0 Å². The molecule has 0 bridgehead atoms. The van der Waals surface area contributed by atoms with Gasteiger partial charge in [0.05, 0.1) is 17.4 Å². The normalized spacial score (nSPS) is 22.9. The van der Waals surface area contributed by atoms with Gasteiger partial charge in [0, 0.05) is 12.1 Å². The Labute approximate surface area is 131 Å². The molecule has 3 N–H and O–H groups in total. The van der Waals surface area contributed by atoms with Gasteiger partial charge < -0.3 is 11.1 Å². The van der Waals surface area contributed by atoms with Crippen LogP contribution in [0, 0.1) is 5.92 Å². The Kier molecular flexibility index (Phi) is 6.19. The predicted molar refractivity (Wildman–Crippen MR) is 85.0 cm³/mol. The van der Waals surface area contributed by atoms with E-state index >= 15 is 0 Å². The van der Waals surface area contributed by atoms with Crippen molar-refractivity contribution < 1.29 is 13.2 Å². The average molecular weight is 333 g/mol. The van der Waals surface area contributed by atoms with Crippen molar-refractivity contribution in [2.75, 3.05) is 11.5 Å². The Morgan fingerprint density at radius 1 is 1.33 bits per heavy atom. The second-order valence-corrected chi connectivity index (χ2v) is 7.56. The number of nitrogens with two attached hydrogens (primary N) is 1. The zero-order chi connectivity index (χ0) is 14.8. The SMILES string of the molecule is CC(C(=O)NC1CCS(=O)(=O)C1)C(N)c1ccccc1.Cl. The quantitative estimate of drug-likeness (QED) is 0.862. The first kappa shape index (κ1) is 17.9. The molecule has 1 amide bonds. The van der Waals surface area contributed by atoms with Crippen LogP contribution in [-0.2, 0) is 14.6 Å². The summed E-state index contributed by atoms with van der Waals surface area (Å²) in [7, 11) is -2.99. The Bertz CT molecular complexity index is 577. The molecule has 0 spiro atoms. The zero-order valence-corrected chi connectivity index (χ0v) is 13.5. The number of hydrogen-bond donors (Lipinski definition) is 2. The number of carbonyl (C=O) groups is 1. The fourth-order valence-corrected chi connectivity index (χ4v) is 4.04. The molecule has 1 saturated heterocycles. The lowest BCUT2D eigenvalue weighted by molar-refractivity contribution is -0.125. The summed E-state index contributed by atoms with van der Waals surface area (Å²) >= 11 is 0. The summed E-state index contributed by atoms with van der Waals surface area (Å²) in [6, 6.07) is 8.74. The third-order valence-corrected chi connectivity index (χ3v) is 5.48. The third kappa shape index (κ3) is 4.69. The van der Waals surface area contributed by atoms with Gasteiger partial charge in [-0.25, -0.2) is 8.42 Å². The molecule has 3 unspecified atom stereocenters. The molecular weight excluding hydrogens is 312 g/mol. The lowest BCUT2D eigenvalue weighted by atomic mass is 9.94. The van der Waals surface area contributed by atoms with Crippen molar-refractivity contribution in [3.8, 4) is 0 Å². The highest BCUT2D eigenvalue weighted by atomic mass is 35.5. The summed E-state index contributed by atoms with van der Waals surface area (Å²) in [5.41, 5.74) is 6.99. The van der Waals surface area contributed by atoms with Crippen LogP contribution in [0.25, 0.3) is 0 Å². The minimum absolute atomic E-state index is 0. The van der Waals surface area contributed by atoms with E-state index in [1.807, 2.05) is 30.3 Å². The molecule has 0 radical (unpaired) electrons. The first-order valence-corrected chi connectivity index (χ1v) is 8.52. The Balaban J connectivity index is 0.00000220. The highest BCUT2D eigenvalue weighted by molar-refractivity contribution is 7.91. The van der Waals surface area contributed by atoms with Gasteiger partial charge in [-0.1, -0.05) is 37.3 Å². The van der Waals surface area contributed by atoms with E-state index in [2.05, 4.69) is 5.32 Å². The molecular formula is C14H21ClN2O3S. The maximum atomic E-state index is 12.1. The van der Waals surface area contributed by atoms with Crippen molar-refractivity contribution in [2.24, 2.45) is 11.7 Å². The lowest BCUT2D eigenvalue weighted by Gasteiger charge is -2.21. The number of nitrogens with one attached hydrogen (secondary N) is 1. The van der Waals surface area contributed by atoms with Crippen LogP contribution in [0.2, 0.25) is 0 Å². The standard InChI is InChI=1S/C14H20N2O3S.ClH/c1-10(13(15)11-5-3-2-4-6-11)14(17)16-12-7-8-20(18,19)9-12;/h2-6,10,12-13H,7-9,15H2,1H3,(H,16,17);1H. The number of rotatable bonds is 4. The fourth-order valence-electron chi connectivity index (χ4n) is 2.37. The maximum absolute atomic E-state index is 12.1. The van der Waals surface area contributed by atoms with Crippen molar-refractivity contribution in [1.82, 2.24) is 5.32 Å². The number of carbonyl (C=O) groups excluding carboxylic acids is 1. The fraction of sp³-hybridized carbons (Fsp3) is 0.500. The van der Waals surface area contributed by atoms with E-state index in [0.29, 0.717) is 6.42 Å². The van der Waals surface area contributed by atoms with E-state index in [1.54, 1.807) is 6.92 Å². The summed E-state index contributed by atoms with van der Waals surface area (Å²) in [5, 5.41) is 2.79. The molecule has 1 aliphatic heterocycles. The van der Waals surface area contributed by atoms with Gasteiger partial charge >= 0.3 is 0 Å². The van der Waals surface area contributed by atoms with E-state index in [4.69, 9.17) is 5.73 Å². The molecule has 0 saturated carbocycles. The molecule has 1 aliphatic rings. The summed E-state index contributed by atoms with van der Waals surface area (Å²) in [6.45, 7) is 1.76. The van der Waals surface area contributed by atoms with Gasteiger partial charge in [0.25, 0.3) is 0 Å². The number of hydrogen-bond acceptors (Lipinski definition) is 4. The highest BCUT2D eigenvalue weighted by Crippen LogP contribution is 2.20. The van der Waals surface area contributed by atoms with Crippen molar-refractivity contribution >= 4 is 28.2 Å². The molecule has 118 valence electrons. The number of halogens is 1. The Hall–Kier alpha value is -1.11. The van der Waals surface area contributed by atoms with Crippen molar-refractivity contribution in [3.05, 3.63) is 35.9 Å². The summed E-state index contributed by atoms with van der Waals surface area (Å²) in [5.74, 6) is -0.410. The minimum Gasteiger partial charge on any atom is -0.352 e. The maximum Gasteiger partial charge on any atom is 0.224 e. The summed E-state index contributed by atoms with van der Waals surface area (Å²) < 4.78 is 22.7. The third-order valence-electron chi connectivity index (χ3n) is 3.72. The van der Waals surface area contributed by atoms with Gasteiger partial charge in [-0.3, -0.25) is 4.79 Å². The topological polar surface area (TPSA) is 89.3 Å². The van der Waals surface area contributed by atoms with Crippen LogP contribution in [0.1, 0.15) is 24.9 Å². The van der Waals surface area contributed by atoms with Gasteiger partial charge in [-0.15, -0.1) is 12.4 Å². The van der Waals surface area contributed by atoms with E-state index in [1.165, 1.54) is 0 Å². The molecule has 5 nitrogen and oxygen atoms in total. The van der Waals surface area contributed by atoms with Crippen molar-refractivity contribution in [2.45, 2.75) is 25.4 Å². The molecule has 0 aromatic heterocycles. The molecule has 7 heteroatoms. The first-order valence-electron chi connectivity index (χ1n) is 6.70. The molecule has 1 heterocycles. The number of amides is 1. The van der Waals surface area contributed by atoms with Crippen LogP contribution in [0.15, 0.2) is 30.3 Å². The monoisotopic (exact) mass is 332 g/mol. The van der Waals surface area contributed by atoms with Gasteiger partial charge in [0.2, 0.25) is 5.91 Å². The molecule has 0 aliphatic carbocycles. The molecule has 21 heavy (non-hydrogen) atoms. The minimum atomic E-state index is -2.99. The molecule has 1 fully saturated rings. The first-order chi connectivity index (χ1) is 9.39. The van der Waals surface area contributed by atoms with Crippen LogP contribution in [0.4, 0.5) is 0 Å². The van der Waals surface area contributed by atoms with Crippen LogP contribution in [0.5, 0.6) is 0 Å². The molecule has 1 aromatic carbocycles. The lowest BCUT2D eigenvalue weighted by Crippen LogP contribution is -2.41. The van der Waals surface area contributed by atoms with Gasteiger partial charge in [0.15, 0.2) is 9.84 Å². The van der Waals surface area contributed by atoms with E-state index in [-0.39, 0.29) is 35.9 Å². The predicted octanol–water partition coefficient (Wildman–Crippen LogP) is 1.05. The second-order valence-electron chi connectivity index (χ2n) is 5.33. The van der Waals surface area contributed by atoms with E-state index < -0.39 is 21.8 Å². The zero-order valence-electron chi connectivity index (χ0n) is 11.9. The highest BCUT2D eigenvalue weighted by Gasteiger charge is 2.31. The average Bonchev–Trinajstić information content (AvgIpc) is 2.77. The Morgan fingerprint density at radius 2 is 1.95 bits per heavy atom. The summed E-state index contributed by atoms with van der Waals surface area (Å²) in [4.78, 5) is 12.1. The van der Waals surface area contributed by atoms with E-state index in [9.17, 15) is 13.2 Å². The van der Waals surface area contributed by atoms with Crippen LogP contribution in [-0.4, -0.2) is 31.9 Å². The van der Waals surface area contributed by atoms with Crippen LogP contribution >= 0.6 is 12.4 Å². The van der Waals surface area contributed by atoms with Crippen molar-refractivity contribution in [3.63, 3.8) is 0 Å². The second kappa shape index (κ2) is 7.24. The molecule has 1 aromatic rings. The Morgan fingerprint density at radius 3 is 2.48 bits per heavy atom. The van der Waals surface area contributed by atoms with E-state index in [0.717, 1.165) is 5.56 Å². The molecule has 3 atom stereocenters. The number of sulfone groups is 1. The largest absolute Gasteiger partial charge is 0.352 e. The van der Waals surface area contributed by atoms with Gasteiger partial charge in [-0.05, 0) is 12.0 Å². The summed E-state index contributed by atoms with van der Waals surface area (Å²) in [6.07, 6.45) is 0.487. The number of benzene rings is 1. The van der Waals surface area contributed by atoms with Crippen LogP contribution in [0.3, 0.4) is 0 Å². The smallest absolute Gasteiger partial charge is 0.224 e.